The molecule has 4 rings (SSSR count). The van der Waals surface area contributed by atoms with Crippen LogP contribution in [0.5, 0.6) is 5.88 Å². The summed E-state index contributed by atoms with van der Waals surface area (Å²) in [5.41, 5.74) is 0.273. The minimum atomic E-state index is -0.158. The van der Waals surface area contributed by atoms with Crippen molar-refractivity contribution in [3.63, 3.8) is 0 Å². The summed E-state index contributed by atoms with van der Waals surface area (Å²) >= 11 is 5.82. The minimum absolute atomic E-state index is 0.0173. The van der Waals surface area contributed by atoms with Crippen molar-refractivity contribution in [2.24, 2.45) is 0 Å². The Balaban J connectivity index is 1.34. The van der Waals surface area contributed by atoms with Crippen molar-refractivity contribution < 1.29 is 18.5 Å². The van der Waals surface area contributed by atoms with Crippen LogP contribution in [0.2, 0.25) is 5.02 Å². The van der Waals surface area contributed by atoms with Crippen LogP contribution in [0.1, 0.15) is 23.3 Å². The van der Waals surface area contributed by atoms with Crippen molar-refractivity contribution in [1.82, 2.24) is 15.0 Å². The number of pyridine rings is 1. The fourth-order valence-corrected chi connectivity index (χ4v) is 2.96. The van der Waals surface area contributed by atoms with Gasteiger partial charge in [-0.2, -0.15) is 0 Å². The molecule has 0 unspecified atom stereocenters. The van der Waals surface area contributed by atoms with Gasteiger partial charge in [-0.3, -0.25) is 4.79 Å². The molecule has 0 aliphatic carbocycles. The first-order valence-corrected chi connectivity index (χ1v) is 8.65. The Morgan fingerprint density at radius 3 is 2.77 bits per heavy atom. The van der Waals surface area contributed by atoms with E-state index in [9.17, 15) is 4.79 Å². The van der Waals surface area contributed by atoms with Crippen molar-refractivity contribution in [1.29, 1.82) is 0 Å². The summed E-state index contributed by atoms with van der Waals surface area (Å²) in [5, 5.41) is 4.43. The highest BCUT2D eigenvalue weighted by Gasteiger charge is 2.27. The summed E-state index contributed by atoms with van der Waals surface area (Å²) in [6.45, 7) is 1.17. The second kappa shape index (κ2) is 7.21. The highest BCUT2D eigenvalue weighted by Crippen LogP contribution is 2.23. The van der Waals surface area contributed by atoms with Gasteiger partial charge >= 0.3 is 0 Å². The van der Waals surface area contributed by atoms with Gasteiger partial charge < -0.3 is 18.6 Å². The lowest BCUT2D eigenvalue weighted by Gasteiger charge is -2.31. The number of carbonyl (C=O) groups is 1. The summed E-state index contributed by atoms with van der Waals surface area (Å²) in [4.78, 5) is 18.5. The van der Waals surface area contributed by atoms with Crippen LogP contribution in [0.25, 0.3) is 11.5 Å². The number of ether oxygens (including phenoxy) is 1. The molecule has 1 fully saturated rings. The third-order valence-corrected chi connectivity index (χ3v) is 4.43. The quantitative estimate of drug-likeness (QED) is 0.694. The number of carbonyl (C=O) groups excluding carboxylic acids is 1. The van der Waals surface area contributed by atoms with Gasteiger partial charge in [0.25, 0.3) is 5.91 Å². The maximum atomic E-state index is 12.6. The summed E-state index contributed by atoms with van der Waals surface area (Å²) in [7, 11) is 0. The summed E-state index contributed by atoms with van der Waals surface area (Å²) in [6, 6.07) is 8.58. The first kappa shape index (κ1) is 16.7. The van der Waals surface area contributed by atoms with E-state index in [1.54, 1.807) is 47.7 Å². The van der Waals surface area contributed by atoms with Gasteiger partial charge in [-0.15, -0.1) is 0 Å². The molecule has 0 atom stereocenters. The Kier molecular flexibility index (Phi) is 4.62. The molecule has 0 bridgehead atoms. The highest BCUT2D eigenvalue weighted by atomic mass is 35.5. The monoisotopic (exact) mass is 373 g/mol. The Hall–Kier alpha value is -2.80. The SMILES string of the molecule is O=C(c1cc(-c2ccco2)on1)N1CCC(Oc2ccc(Cl)cn2)CC1. The third kappa shape index (κ3) is 3.57. The van der Waals surface area contributed by atoms with Gasteiger partial charge in [0.2, 0.25) is 11.6 Å². The average molecular weight is 374 g/mol. The lowest BCUT2D eigenvalue weighted by atomic mass is 10.1. The highest BCUT2D eigenvalue weighted by molar-refractivity contribution is 6.30. The van der Waals surface area contributed by atoms with Crippen LogP contribution in [0.4, 0.5) is 0 Å². The largest absolute Gasteiger partial charge is 0.474 e. The van der Waals surface area contributed by atoms with Crippen molar-refractivity contribution >= 4 is 17.5 Å². The van der Waals surface area contributed by atoms with Gasteiger partial charge in [0.1, 0.15) is 6.10 Å². The molecule has 4 heterocycles. The minimum Gasteiger partial charge on any atom is -0.474 e. The molecule has 1 saturated heterocycles. The number of hydrogen-bond donors (Lipinski definition) is 0. The fraction of sp³-hybridized carbons (Fsp3) is 0.278. The second-order valence-corrected chi connectivity index (χ2v) is 6.41. The lowest BCUT2D eigenvalue weighted by Crippen LogP contribution is -2.42. The van der Waals surface area contributed by atoms with Crippen LogP contribution in [0.3, 0.4) is 0 Å². The van der Waals surface area contributed by atoms with Crippen molar-refractivity contribution in [2.75, 3.05) is 13.1 Å². The number of rotatable bonds is 4. The Morgan fingerprint density at radius 1 is 1.23 bits per heavy atom. The number of amides is 1. The Labute approximate surface area is 154 Å². The molecule has 0 saturated carbocycles. The number of likely N-dealkylation sites (tertiary alicyclic amines) is 1. The van der Waals surface area contributed by atoms with E-state index in [1.807, 2.05) is 0 Å². The molecule has 26 heavy (non-hydrogen) atoms. The zero-order chi connectivity index (χ0) is 17.9. The second-order valence-electron chi connectivity index (χ2n) is 5.98. The molecular weight excluding hydrogens is 358 g/mol. The van der Waals surface area contributed by atoms with Crippen LogP contribution < -0.4 is 4.74 Å². The number of piperidine rings is 1. The van der Waals surface area contributed by atoms with E-state index in [4.69, 9.17) is 25.3 Å². The van der Waals surface area contributed by atoms with Crippen LogP contribution in [-0.4, -0.2) is 40.1 Å². The molecule has 8 heteroatoms. The standard InChI is InChI=1S/C18H16ClN3O4/c19-12-3-4-17(20-11-12)25-13-5-7-22(8-6-13)18(23)14-10-16(26-21-14)15-2-1-9-24-15/h1-4,9-11,13H,5-8H2. The molecule has 3 aromatic rings. The van der Waals surface area contributed by atoms with Crippen LogP contribution in [0.15, 0.2) is 51.7 Å². The molecule has 1 amide bonds. The van der Waals surface area contributed by atoms with E-state index < -0.39 is 0 Å². The smallest absolute Gasteiger partial charge is 0.276 e. The van der Waals surface area contributed by atoms with Crippen LogP contribution >= 0.6 is 11.6 Å². The predicted molar refractivity (Wildman–Crippen MR) is 93.0 cm³/mol. The number of hydrogen-bond acceptors (Lipinski definition) is 6. The van der Waals surface area contributed by atoms with E-state index in [-0.39, 0.29) is 17.7 Å². The summed E-state index contributed by atoms with van der Waals surface area (Å²) < 4.78 is 16.3. The van der Waals surface area contributed by atoms with E-state index in [1.165, 1.54) is 0 Å². The van der Waals surface area contributed by atoms with Gasteiger partial charge in [0.05, 0.1) is 11.3 Å². The van der Waals surface area contributed by atoms with E-state index in [0.29, 0.717) is 35.5 Å². The molecule has 134 valence electrons. The number of aromatic nitrogens is 2. The first-order chi connectivity index (χ1) is 12.7. The maximum Gasteiger partial charge on any atom is 0.276 e. The summed E-state index contributed by atoms with van der Waals surface area (Å²) in [5.74, 6) is 1.36. The maximum absolute atomic E-state index is 12.6. The molecular formula is C18H16ClN3O4. The Morgan fingerprint density at radius 2 is 2.08 bits per heavy atom. The normalized spacial score (nSPS) is 15.2. The van der Waals surface area contributed by atoms with Gasteiger partial charge in [-0.1, -0.05) is 16.8 Å². The molecule has 7 nitrogen and oxygen atoms in total. The molecule has 1 aliphatic heterocycles. The molecule has 0 radical (unpaired) electrons. The Bertz CT molecular complexity index is 868. The van der Waals surface area contributed by atoms with Crippen LogP contribution in [-0.2, 0) is 0 Å². The molecule has 0 aromatic carbocycles. The zero-order valence-electron chi connectivity index (χ0n) is 13.8. The van der Waals surface area contributed by atoms with Gasteiger partial charge in [0, 0.05) is 44.3 Å². The molecule has 0 spiro atoms. The van der Waals surface area contributed by atoms with Crippen molar-refractivity contribution in [3.8, 4) is 17.4 Å². The van der Waals surface area contributed by atoms with E-state index in [0.717, 1.165) is 12.8 Å². The van der Waals surface area contributed by atoms with Gasteiger partial charge in [-0.25, -0.2) is 4.98 Å². The van der Waals surface area contributed by atoms with Crippen molar-refractivity contribution in [2.45, 2.75) is 18.9 Å². The topological polar surface area (TPSA) is 81.6 Å². The zero-order valence-corrected chi connectivity index (χ0v) is 14.6. The van der Waals surface area contributed by atoms with Gasteiger partial charge in [0.15, 0.2) is 11.5 Å². The third-order valence-electron chi connectivity index (χ3n) is 4.21. The first-order valence-electron chi connectivity index (χ1n) is 8.27. The van der Waals surface area contributed by atoms with E-state index in [2.05, 4.69) is 10.1 Å². The van der Waals surface area contributed by atoms with Gasteiger partial charge in [-0.05, 0) is 18.2 Å². The average Bonchev–Trinajstić information content (AvgIpc) is 3.35. The number of furan rings is 1. The summed E-state index contributed by atoms with van der Waals surface area (Å²) in [6.07, 6.45) is 4.55. The molecule has 1 aliphatic rings. The van der Waals surface area contributed by atoms with Crippen molar-refractivity contribution in [3.05, 3.63) is 53.5 Å². The molecule has 0 N–H and O–H groups in total. The number of nitrogens with zero attached hydrogens (tertiary/aromatic N) is 3. The lowest BCUT2D eigenvalue weighted by molar-refractivity contribution is 0.0579. The predicted octanol–water partition coefficient (Wildman–Crippen LogP) is 3.67. The van der Waals surface area contributed by atoms with E-state index >= 15 is 0 Å². The number of halogens is 1. The van der Waals surface area contributed by atoms with Crippen LogP contribution in [0, 0.1) is 0 Å². The molecule has 3 aromatic heterocycles. The fourth-order valence-electron chi connectivity index (χ4n) is 2.85.